The molecule has 2 nitrogen and oxygen atoms in total. The van der Waals surface area contributed by atoms with E-state index in [1.54, 1.807) is 0 Å². The van der Waals surface area contributed by atoms with E-state index in [4.69, 9.17) is 23.2 Å². The molecule has 0 unspecified atom stereocenters. The summed E-state index contributed by atoms with van der Waals surface area (Å²) in [6.45, 7) is 4.00. The first-order valence-corrected chi connectivity index (χ1v) is 7.01. The lowest BCUT2D eigenvalue weighted by Crippen LogP contribution is -1.94. The third-order valence-corrected chi connectivity index (χ3v) is 3.82. The van der Waals surface area contributed by atoms with Crippen molar-refractivity contribution in [1.29, 1.82) is 0 Å². The number of nitrogens with zero attached hydrogens (tertiary/aromatic N) is 2. The Kier molecular flexibility index (Phi) is 3.36. The predicted molar refractivity (Wildman–Crippen MR) is 84.5 cm³/mol. The van der Waals surface area contributed by atoms with Crippen LogP contribution in [0.3, 0.4) is 0 Å². The van der Waals surface area contributed by atoms with Gasteiger partial charge < -0.3 is 0 Å². The highest BCUT2D eigenvalue weighted by molar-refractivity contribution is 6.38. The van der Waals surface area contributed by atoms with E-state index in [9.17, 15) is 0 Å². The van der Waals surface area contributed by atoms with Crippen molar-refractivity contribution in [2.75, 3.05) is 0 Å². The highest BCUT2D eigenvalue weighted by Crippen LogP contribution is 2.31. The molecule has 1 heterocycles. The molecule has 1 aromatic heterocycles. The molecular formula is C16H12Cl2N2. The van der Waals surface area contributed by atoms with Gasteiger partial charge in [-0.1, -0.05) is 53.0 Å². The van der Waals surface area contributed by atoms with E-state index in [0.29, 0.717) is 21.5 Å². The fraction of sp³-hybridized carbons (Fsp3) is 0.125. The van der Waals surface area contributed by atoms with Crippen LogP contribution in [0.15, 0.2) is 36.4 Å². The number of hydrogen-bond acceptors (Lipinski definition) is 2. The molecule has 0 amide bonds. The summed E-state index contributed by atoms with van der Waals surface area (Å²) in [6.07, 6.45) is 0. The van der Waals surface area contributed by atoms with Crippen molar-refractivity contribution in [3.63, 3.8) is 0 Å². The summed E-state index contributed by atoms with van der Waals surface area (Å²) in [5.41, 5.74) is 3.80. The minimum Gasteiger partial charge on any atom is -0.226 e. The third kappa shape index (κ3) is 2.26. The Labute approximate surface area is 127 Å². The Morgan fingerprint density at radius 3 is 2.50 bits per heavy atom. The van der Waals surface area contributed by atoms with Gasteiger partial charge in [0.05, 0.1) is 10.5 Å². The van der Waals surface area contributed by atoms with Gasteiger partial charge in [0, 0.05) is 10.9 Å². The minimum atomic E-state index is 0.437. The highest BCUT2D eigenvalue weighted by Gasteiger charge is 2.12. The maximum absolute atomic E-state index is 6.32. The average Bonchev–Trinajstić information content (AvgIpc) is 2.42. The van der Waals surface area contributed by atoms with Gasteiger partial charge >= 0.3 is 0 Å². The summed E-state index contributed by atoms with van der Waals surface area (Å²) < 4.78 is 0. The van der Waals surface area contributed by atoms with Gasteiger partial charge in [0.1, 0.15) is 5.15 Å². The number of benzene rings is 2. The molecule has 0 radical (unpaired) electrons. The Bertz CT molecular complexity index is 813. The number of hydrogen-bond donors (Lipinski definition) is 0. The molecule has 4 heteroatoms. The Morgan fingerprint density at radius 1 is 0.950 bits per heavy atom. The van der Waals surface area contributed by atoms with Gasteiger partial charge in [0.25, 0.3) is 0 Å². The van der Waals surface area contributed by atoms with Crippen LogP contribution in [0.25, 0.3) is 22.3 Å². The number of fused-ring (bicyclic) bond motifs is 1. The average molecular weight is 303 g/mol. The van der Waals surface area contributed by atoms with Gasteiger partial charge in [-0.2, -0.15) is 0 Å². The topological polar surface area (TPSA) is 25.8 Å². The van der Waals surface area contributed by atoms with E-state index in [-0.39, 0.29) is 0 Å². The van der Waals surface area contributed by atoms with Crippen LogP contribution >= 0.6 is 23.2 Å². The van der Waals surface area contributed by atoms with E-state index in [2.05, 4.69) is 9.97 Å². The Morgan fingerprint density at radius 2 is 1.75 bits per heavy atom. The monoisotopic (exact) mass is 302 g/mol. The molecule has 0 saturated carbocycles. The largest absolute Gasteiger partial charge is 0.226 e. The van der Waals surface area contributed by atoms with E-state index in [1.165, 1.54) is 0 Å². The lowest BCUT2D eigenvalue weighted by atomic mass is 10.1. The SMILES string of the molecule is Cc1cccc(-c2nc(Cl)c3c(C)ccc(Cl)c3n2)c1. The van der Waals surface area contributed by atoms with E-state index in [0.717, 1.165) is 22.1 Å². The normalized spacial score (nSPS) is 11.0. The van der Waals surface area contributed by atoms with Gasteiger partial charge in [0.15, 0.2) is 5.82 Å². The van der Waals surface area contributed by atoms with Crippen molar-refractivity contribution < 1.29 is 0 Å². The second kappa shape index (κ2) is 5.04. The summed E-state index contributed by atoms with van der Waals surface area (Å²) in [7, 11) is 0. The Hall–Kier alpha value is -1.64. The van der Waals surface area contributed by atoms with E-state index < -0.39 is 0 Å². The van der Waals surface area contributed by atoms with Crippen molar-refractivity contribution >= 4 is 34.1 Å². The number of aryl methyl sites for hydroxylation is 2. The van der Waals surface area contributed by atoms with Gasteiger partial charge in [-0.3, -0.25) is 0 Å². The second-order valence-electron chi connectivity index (χ2n) is 4.80. The van der Waals surface area contributed by atoms with Crippen molar-refractivity contribution in [1.82, 2.24) is 9.97 Å². The van der Waals surface area contributed by atoms with Crippen LogP contribution in [0, 0.1) is 13.8 Å². The predicted octanol–water partition coefficient (Wildman–Crippen LogP) is 5.22. The summed E-state index contributed by atoms with van der Waals surface area (Å²) in [6, 6.07) is 11.8. The second-order valence-corrected chi connectivity index (χ2v) is 5.56. The molecule has 2 aromatic carbocycles. The highest BCUT2D eigenvalue weighted by atomic mass is 35.5. The molecule has 0 atom stereocenters. The molecule has 0 N–H and O–H groups in total. The number of halogens is 2. The van der Waals surface area contributed by atoms with Crippen LogP contribution < -0.4 is 0 Å². The van der Waals surface area contributed by atoms with Crippen LogP contribution in [0.2, 0.25) is 10.2 Å². The van der Waals surface area contributed by atoms with Crippen LogP contribution in [0.1, 0.15) is 11.1 Å². The molecule has 0 aliphatic heterocycles. The maximum atomic E-state index is 6.32. The van der Waals surface area contributed by atoms with Gasteiger partial charge in [-0.05, 0) is 31.5 Å². The first kappa shape index (κ1) is 13.3. The summed E-state index contributed by atoms with van der Waals surface area (Å²) in [5.74, 6) is 0.596. The first-order valence-electron chi connectivity index (χ1n) is 6.25. The van der Waals surface area contributed by atoms with Gasteiger partial charge in [-0.15, -0.1) is 0 Å². The fourth-order valence-electron chi connectivity index (χ4n) is 2.23. The van der Waals surface area contributed by atoms with Crippen LogP contribution in [0.5, 0.6) is 0 Å². The zero-order valence-corrected chi connectivity index (χ0v) is 12.6. The summed E-state index contributed by atoms with van der Waals surface area (Å²) in [5, 5.41) is 1.84. The minimum absolute atomic E-state index is 0.437. The van der Waals surface area contributed by atoms with E-state index >= 15 is 0 Å². The molecule has 0 bridgehead atoms. The van der Waals surface area contributed by atoms with Crippen molar-refractivity contribution in [3.8, 4) is 11.4 Å². The fourth-order valence-corrected chi connectivity index (χ4v) is 2.75. The molecule has 20 heavy (non-hydrogen) atoms. The zero-order valence-electron chi connectivity index (χ0n) is 11.1. The van der Waals surface area contributed by atoms with Crippen LogP contribution in [-0.4, -0.2) is 9.97 Å². The maximum Gasteiger partial charge on any atom is 0.161 e. The van der Waals surface area contributed by atoms with Crippen LogP contribution in [0.4, 0.5) is 0 Å². The molecule has 0 spiro atoms. The standard InChI is InChI=1S/C16H12Cl2N2/c1-9-4-3-5-11(8-9)16-19-14-12(17)7-6-10(2)13(14)15(18)20-16/h3-8H,1-2H3. The van der Waals surface area contributed by atoms with Crippen molar-refractivity contribution in [3.05, 3.63) is 57.7 Å². The molecule has 0 fully saturated rings. The third-order valence-electron chi connectivity index (χ3n) is 3.24. The first-order chi connectivity index (χ1) is 9.56. The van der Waals surface area contributed by atoms with Crippen molar-refractivity contribution in [2.24, 2.45) is 0 Å². The number of aromatic nitrogens is 2. The molecule has 3 rings (SSSR count). The molecular weight excluding hydrogens is 291 g/mol. The Balaban J connectivity index is 2.32. The smallest absolute Gasteiger partial charge is 0.161 e. The molecule has 100 valence electrons. The van der Waals surface area contributed by atoms with Gasteiger partial charge in [0.2, 0.25) is 0 Å². The number of rotatable bonds is 1. The lowest BCUT2D eigenvalue weighted by molar-refractivity contribution is 1.22. The van der Waals surface area contributed by atoms with Crippen molar-refractivity contribution in [2.45, 2.75) is 13.8 Å². The van der Waals surface area contributed by atoms with Crippen LogP contribution in [-0.2, 0) is 0 Å². The van der Waals surface area contributed by atoms with E-state index in [1.807, 2.05) is 50.2 Å². The quantitative estimate of drug-likeness (QED) is 0.576. The van der Waals surface area contributed by atoms with Gasteiger partial charge in [-0.25, -0.2) is 9.97 Å². The molecule has 0 saturated heterocycles. The summed E-state index contributed by atoms with van der Waals surface area (Å²) in [4.78, 5) is 8.99. The molecule has 0 aliphatic rings. The molecule has 0 aliphatic carbocycles. The molecule has 3 aromatic rings. The summed E-state index contributed by atoms with van der Waals surface area (Å²) >= 11 is 12.6. The lowest BCUT2D eigenvalue weighted by Gasteiger charge is -2.08. The zero-order chi connectivity index (χ0) is 14.3.